The average molecular weight is 392 g/mol. The van der Waals surface area contributed by atoms with E-state index in [2.05, 4.69) is 37.2 Å². The number of rotatable bonds is 2. The van der Waals surface area contributed by atoms with Gasteiger partial charge >= 0.3 is 0 Å². The van der Waals surface area contributed by atoms with Gasteiger partial charge in [-0.15, -0.1) is 0 Å². The van der Waals surface area contributed by atoms with E-state index >= 15 is 0 Å². The van der Waals surface area contributed by atoms with Crippen molar-refractivity contribution in [3.63, 3.8) is 0 Å². The normalized spacial score (nSPS) is 23.1. The SMILES string of the molecule is Nc1c(Br)cc(Br)cc1C(=O)N[C@H]1CC[C@H](O)CC1. The van der Waals surface area contributed by atoms with Crippen LogP contribution in [0.25, 0.3) is 0 Å². The molecule has 104 valence electrons. The van der Waals surface area contributed by atoms with Gasteiger partial charge in [-0.3, -0.25) is 4.79 Å². The van der Waals surface area contributed by atoms with Crippen molar-refractivity contribution < 1.29 is 9.90 Å². The van der Waals surface area contributed by atoms with Crippen molar-refractivity contribution in [2.75, 3.05) is 5.73 Å². The number of amides is 1. The molecule has 0 radical (unpaired) electrons. The fourth-order valence-electron chi connectivity index (χ4n) is 2.26. The molecule has 19 heavy (non-hydrogen) atoms. The third-order valence-corrected chi connectivity index (χ3v) is 4.48. The fourth-order valence-corrected chi connectivity index (χ4v) is 3.48. The van der Waals surface area contributed by atoms with E-state index < -0.39 is 0 Å². The molecule has 0 unspecified atom stereocenters. The Morgan fingerprint density at radius 3 is 2.53 bits per heavy atom. The number of halogens is 2. The number of hydrogen-bond acceptors (Lipinski definition) is 3. The molecule has 1 aliphatic rings. The first kappa shape index (κ1) is 14.8. The van der Waals surface area contributed by atoms with Crippen LogP contribution in [0.15, 0.2) is 21.1 Å². The summed E-state index contributed by atoms with van der Waals surface area (Å²) in [5, 5.41) is 12.4. The minimum absolute atomic E-state index is 0.119. The Labute approximate surface area is 129 Å². The average Bonchev–Trinajstić information content (AvgIpc) is 2.36. The van der Waals surface area contributed by atoms with Crippen LogP contribution in [0.2, 0.25) is 0 Å². The topological polar surface area (TPSA) is 75.4 Å². The van der Waals surface area contributed by atoms with Gasteiger partial charge in [-0.1, -0.05) is 15.9 Å². The molecule has 1 amide bonds. The first-order valence-electron chi connectivity index (χ1n) is 6.21. The molecule has 1 aromatic rings. The van der Waals surface area contributed by atoms with Crippen molar-refractivity contribution in [1.82, 2.24) is 5.32 Å². The Balaban J connectivity index is 2.08. The maximum atomic E-state index is 12.2. The molecular formula is C13H16Br2N2O2. The van der Waals surface area contributed by atoms with Gasteiger partial charge < -0.3 is 16.2 Å². The van der Waals surface area contributed by atoms with E-state index in [0.29, 0.717) is 15.7 Å². The molecule has 0 heterocycles. The highest BCUT2D eigenvalue weighted by molar-refractivity contribution is 9.11. The zero-order chi connectivity index (χ0) is 14.0. The number of benzene rings is 1. The van der Waals surface area contributed by atoms with Gasteiger partial charge in [-0.25, -0.2) is 0 Å². The van der Waals surface area contributed by atoms with Gasteiger partial charge in [-0.05, 0) is 53.7 Å². The number of carbonyl (C=O) groups is 1. The first-order chi connectivity index (χ1) is 8.97. The van der Waals surface area contributed by atoms with Gasteiger partial charge in [-0.2, -0.15) is 0 Å². The Morgan fingerprint density at radius 1 is 1.26 bits per heavy atom. The maximum Gasteiger partial charge on any atom is 0.253 e. The van der Waals surface area contributed by atoms with Crippen LogP contribution in [0.1, 0.15) is 36.0 Å². The lowest BCUT2D eigenvalue weighted by atomic mass is 9.93. The quantitative estimate of drug-likeness (QED) is 0.678. The van der Waals surface area contributed by atoms with Crippen LogP contribution in [-0.4, -0.2) is 23.2 Å². The van der Waals surface area contributed by atoms with Crippen molar-refractivity contribution in [1.29, 1.82) is 0 Å². The standard InChI is InChI=1S/C13H16Br2N2O2/c14-7-5-10(12(16)11(15)6-7)13(19)17-8-1-3-9(18)4-2-8/h5-6,8-9,18H,1-4,16H2,(H,17,19)/t8-,9-. The van der Waals surface area contributed by atoms with Crippen LogP contribution in [0, 0.1) is 0 Å². The molecule has 0 aromatic heterocycles. The number of anilines is 1. The third kappa shape index (κ3) is 3.70. The summed E-state index contributed by atoms with van der Waals surface area (Å²) in [6, 6.07) is 3.64. The van der Waals surface area contributed by atoms with Gasteiger partial charge in [0.2, 0.25) is 0 Å². The van der Waals surface area contributed by atoms with Crippen LogP contribution in [-0.2, 0) is 0 Å². The number of hydrogen-bond donors (Lipinski definition) is 3. The lowest BCUT2D eigenvalue weighted by molar-refractivity contribution is 0.0868. The van der Waals surface area contributed by atoms with Crippen molar-refractivity contribution in [2.45, 2.75) is 37.8 Å². The van der Waals surface area contributed by atoms with E-state index in [1.807, 2.05) is 6.07 Å². The molecule has 1 aliphatic carbocycles. The Kier molecular flexibility index (Phi) is 4.86. The van der Waals surface area contributed by atoms with Gasteiger partial charge in [0.25, 0.3) is 5.91 Å². The van der Waals surface area contributed by atoms with Crippen LogP contribution >= 0.6 is 31.9 Å². The molecule has 0 aliphatic heterocycles. The Bertz CT molecular complexity index is 486. The molecule has 2 rings (SSSR count). The summed E-state index contributed by atoms with van der Waals surface area (Å²) >= 11 is 6.68. The summed E-state index contributed by atoms with van der Waals surface area (Å²) in [6.07, 6.45) is 2.87. The van der Waals surface area contributed by atoms with Gasteiger partial charge in [0, 0.05) is 15.0 Å². The monoisotopic (exact) mass is 390 g/mol. The molecule has 1 aromatic carbocycles. The van der Waals surface area contributed by atoms with Crippen LogP contribution < -0.4 is 11.1 Å². The predicted molar refractivity (Wildman–Crippen MR) is 82.0 cm³/mol. The van der Waals surface area contributed by atoms with Gasteiger partial charge in [0.05, 0.1) is 17.4 Å². The summed E-state index contributed by atoms with van der Waals surface area (Å²) in [6.45, 7) is 0. The lowest BCUT2D eigenvalue weighted by Crippen LogP contribution is -2.38. The molecule has 1 fully saturated rings. The highest BCUT2D eigenvalue weighted by Gasteiger charge is 2.22. The molecule has 4 N–H and O–H groups in total. The number of aliphatic hydroxyl groups excluding tert-OH is 1. The Morgan fingerprint density at radius 2 is 1.89 bits per heavy atom. The largest absolute Gasteiger partial charge is 0.397 e. The second-order valence-electron chi connectivity index (χ2n) is 4.83. The van der Waals surface area contributed by atoms with Crippen molar-refractivity contribution >= 4 is 43.5 Å². The third-order valence-electron chi connectivity index (χ3n) is 3.37. The van der Waals surface area contributed by atoms with E-state index in [4.69, 9.17) is 5.73 Å². The minimum Gasteiger partial charge on any atom is -0.397 e. The highest BCUT2D eigenvalue weighted by atomic mass is 79.9. The van der Waals surface area contributed by atoms with E-state index in [-0.39, 0.29) is 18.1 Å². The van der Waals surface area contributed by atoms with Gasteiger partial charge in [0.15, 0.2) is 0 Å². The summed E-state index contributed by atoms with van der Waals surface area (Å²) < 4.78 is 1.50. The lowest BCUT2D eigenvalue weighted by Gasteiger charge is -2.26. The number of nitrogen functional groups attached to an aromatic ring is 1. The summed E-state index contributed by atoms with van der Waals surface area (Å²) in [7, 11) is 0. The smallest absolute Gasteiger partial charge is 0.253 e. The van der Waals surface area contributed by atoms with Crippen molar-refractivity contribution in [3.05, 3.63) is 26.6 Å². The second-order valence-corrected chi connectivity index (χ2v) is 6.60. The van der Waals surface area contributed by atoms with Gasteiger partial charge in [0.1, 0.15) is 0 Å². The van der Waals surface area contributed by atoms with E-state index in [9.17, 15) is 9.90 Å². The number of nitrogens with two attached hydrogens (primary N) is 1. The molecule has 0 saturated heterocycles. The van der Waals surface area contributed by atoms with Crippen molar-refractivity contribution in [3.8, 4) is 0 Å². The highest BCUT2D eigenvalue weighted by Crippen LogP contribution is 2.28. The molecule has 1 saturated carbocycles. The fraction of sp³-hybridized carbons (Fsp3) is 0.462. The predicted octanol–water partition coefficient (Wildman–Crippen LogP) is 2.83. The molecule has 0 spiro atoms. The zero-order valence-corrected chi connectivity index (χ0v) is 13.5. The maximum absolute atomic E-state index is 12.2. The second kappa shape index (κ2) is 6.24. The number of aliphatic hydroxyl groups is 1. The molecular weight excluding hydrogens is 376 g/mol. The number of carbonyl (C=O) groups excluding carboxylic acids is 1. The van der Waals surface area contributed by atoms with Crippen LogP contribution in [0.3, 0.4) is 0 Å². The van der Waals surface area contributed by atoms with Crippen LogP contribution in [0.5, 0.6) is 0 Å². The van der Waals surface area contributed by atoms with Crippen LogP contribution in [0.4, 0.5) is 5.69 Å². The number of nitrogens with one attached hydrogen (secondary N) is 1. The molecule has 0 atom stereocenters. The summed E-state index contributed by atoms with van der Waals surface area (Å²) in [5.74, 6) is -0.166. The molecule has 6 heteroatoms. The minimum atomic E-state index is -0.224. The summed E-state index contributed by atoms with van der Waals surface area (Å²) in [4.78, 5) is 12.2. The van der Waals surface area contributed by atoms with E-state index in [1.165, 1.54) is 0 Å². The molecule has 0 bridgehead atoms. The molecule has 4 nitrogen and oxygen atoms in total. The van der Waals surface area contributed by atoms with E-state index in [1.54, 1.807) is 6.07 Å². The summed E-state index contributed by atoms with van der Waals surface area (Å²) in [5.41, 5.74) is 6.82. The first-order valence-corrected chi connectivity index (χ1v) is 7.79. The zero-order valence-electron chi connectivity index (χ0n) is 10.3. The Hall–Kier alpha value is -0.590. The van der Waals surface area contributed by atoms with Crippen molar-refractivity contribution in [2.24, 2.45) is 0 Å². The van der Waals surface area contributed by atoms with E-state index in [0.717, 1.165) is 30.2 Å².